The highest BCUT2D eigenvalue weighted by Gasteiger charge is 2.18. The lowest BCUT2D eigenvalue weighted by atomic mass is 10.1. The highest BCUT2D eigenvalue weighted by molar-refractivity contribution is 7.98. The lowest BCUT2D eigenvalue weighted by molar-refractivity contribution is -0.385. The van der Waals surface area contributed by atoms with Crippen LogP contribution in [0.1, 0.15) is 32.9 Å². The van der Waals surface area contributed by atoms with Gasteiger partial charge in [-0.25, -0.2) is 9.97 Å². The molecule has 0 radical (unpaired) electrons. The number of benzene rings is 1. The average molecular weight is 482 g/mol. The summed E-state index contributed by atoms with van der Waals surface area (Å²) in [5.74, 6) is 0.986. The predicted octanol–water partition coefficient (Wildman–Crippen LogP) is 5.57. The second kappa shape index (κ2) is 9.51. The van der Waals surface area contributed by atoms with Crippen molar-refractivity contribution >= 4 is 39.8 Å². The van der Waals surface area contributed by atoms with E-state index in [9.17, 15) is 14.9 Å². The van der Waals surface area contributed by atoms with E-state index < -0.39 is 4.92 Å². The number of pyridine rings is 1. The number of nitrogens with zero attached hydrogens (tertiary/aromatic N) is 4. The Kier molecular flexibility index (Phi) is 6.52. The molecule has 1 amide bonds. The Morgan fingerprint density at radius 3 is 2.82 bits per heavy atom. The molecule has 0 saturated carbocycles. The van der Waals surface area contributed by atoms with Crippen molar-refractivity contribution in [2.45, 2.75) is 31.6 Å². The molecule has 1 aromatic carbocycles. The fourth-order valence-corrected chi connectivity index (χ4v) is 4.98. The molecule has 3 aromatic heterocycles. The van der Waals surface area contributed by atoms with Gasteiger partial charge >= 0.3 is 0 Å². The first kappa shape index (κ1) is 22.6. The van der Waals surface area contributed by atoms with Gasteiger partial charge < -0.3 is 4.52 Å². The van der Waals surface area contributed by atoms with Crippen molar-refractivity contribution in [3.63, 3.8) is 0 Å². The van der Waals surface area contributed by atoms with E-state index in [1.54, 1.807) is 42.8 Å². The molecule has 4 aromatic rings. The molecular formula is C22H19N5O4S2. The summed E-state index contributed by atoms with van der Waals surface area (Å²) < 4.78 is 5.20. The molecule has 4 rings (SSSR count). The molecule has 0 aliphatic carbocycles. The molecule has 0 fully saturated rings. The molecule has 0 aliphatic rings. The van der Waals surface area contributed by atoms with Gasteiger partial charge in [0.25, 0.3) is 11.6 Å². The molecule has 1 N–H and O–H groups in total. The number of thiazole rings is 1. The molecule has 168 valence electrons. The number of anilines is 1. The molecule has 0 aliphatic heterocycles. The number of aromatic nitrogens is 3. The van der Waals surface area contributed by atoms with Gasteiger partial charge in [-0.2, -0.15) is 0 Å². The number of hydrogen-bond acceptors (Lipinski definition) is 9. The lowest BCUT2D eigenvalue weighted by Gasteiger charge is -2.07. The Hall–Kier alpha value is -3.57. The largest absolute Gasteiger partial charge is 0.361 e. The van der Waals surface area contributed by atoms with Gasteiger partial charge in [-0.15, -0.1) is 23.1 Å². The minimum Gasteiger partial charge on any atom is -0.361 e. The van der Waals surface area contributed by atoms with Crippen molar-refractivity contribution in [2.75, 3.05) is 5.32 Å². The second-order valence-electron chi connectivity index (χ2n) is 7.20. The van der Waals surface area contributed by atoms with Crippen molar-refractivity contribution < 1.29 is 14.2 Å². The molecule has 0 unspecified atom stereocenters. The van der Waals surface area contributed by atoms with Crippen LogP contribution >= 0.6 is 23.1 Å². The van der Waals surface area contributed by atoms with Gasteiger partial charge in [0.1, 0.15) is 10.8 Å². The van der Waals surface area contributed by atoms with E-state index in [1.807, 2.05) is 13.8 Å². The molecule has 3 heterocycles. The third kappa shape index (κ3) is 4.94. The van der Waals surface area contributed by atoms with Crippen LogP contribution in [-0.2, 0) is 5.75 Å². The number of nitro benzene ring substituents is 1. The zero-order valence-corrected chi connectivity index (χ0v) is 19.6. The number of rotatable bonds is 7. The Labute approximate surface area is 197 Å². The summed E-state index contributed by atoms with van der Waals surface area (Å²) in [7, 11) is 0. The Balaban J connectivity index is 1.50. The van der Waals surface area contributed by atoms with E-state index in [4.69, 9.17) is 4.52 Å². The molecule has 11 heteroatoms. The zero-order valence-electron chi connectivity index (χ0n) is 18.0. The Morgan fingerprint density at radius 2 is 2.09 bits per heavy atom. The van der Waals surface area contributed by atoms with E-state index in [2.05, 4.69) is 20.4 Å². The monoisotopic (exact) mass is 481 g/mol. The summed E-state index contributed by atoms with van der Waals surface area (Å²) in [4.78, 5) is 32.5. The van der Waals surface area contributed by atoms with E-state index in [1.165, 1.54) is 29.2 Å². The molecule has 0 saturated heterocycles. The normalized spacial score (nSPS) is 10.9. The molecule has 33 heavy (non-hydrogen) atoms. The Bertz CT molecular complexity index is 1330. The van der Waals surface area contributed by atoms with Crippen LogP contribution in [0.5, 0.6) is 0 Å². The minimum absolute atomic E-state index is 0.0291. The van der Waals surface area contributed by atoms with Crippen molar-refractivity contribution in [3.8, 4) is 11.3 Å². The summed E-state index contributed by atoms with van der Waals surface area (Å²) in [5, 5.41) is 20.7. The standard InChI is InChI=1S/C22H19N5O4S2/c1-12-6-7-15(9-19(12)27(29)30)18-11-33-22(24-18)25-20(28)16-5-4-8-23-21(16)32-10-17-13(2)26-31-14(17)3/h4-9,11H,10H2,1-3H3,(H,24,25,28). The average Bonchev–Trinajstić information content (AvgIpc) is 3.39. The van der Waals surface area contributed by atoms with Crippen molar-refractivity contribution in [2.24, 2.45) is 0 Å². The van der Waals surface area contributed by atoms with Crippen LogP contribution in [0.3, 0.4) is 0 Å². The number of carbonyl (C=O) groups excluding carboxylic acids is 1. The highest BCUT2D eigenvalue weighted by Crippen LogP contribution is 2.31. The number of aryl methyl sites for hydroxylation is 3. The number of amides is 1. The number of nitrogens with one attached hydrogen (secondary N) is 1. The molecule has 0 atom stereocenters. The molecule has 9 nitrogen and oxygen atoms in total. The van der Waals surface area contributed by atoms with Crippen LogP contribution in [0.15, 0.2) is 51.5 Å². The number of nitro groups is 1. The molecule has 0 spiro atoms. The third-order valence-electron chi connectivity index (χ3n) is 4.98. The minimum atomic E-state index is -0.419. The van der Waals surface area contributed by atoms with Crippen LogP contribution in [0, 0.1) is 30.9 Å². The maximum atomic E-state index is 12.9. The maximum absolute atomic E-state index is 12.9. The quantitative estimate of drug-likeness (QED) is 0.206. The van der Waals surface area contributed by atoms with E-state index in [0.717, 1.165) is 17.0 Å². The predicted molar refractivity (Wildman–Crippen MR) is 127 cm³/mol. The van der Waals surface area contributed by atoms with Gasteiger partial charge in [0, 0.05) is 40.1 Å². The van der Waals surface area contributed by atoms with Crippen LogP contribution in [-0.4, -0.2) is 26.0 Å². The van der Waals surface area contributed by atoms with Crippen LogP contribution in [0.4, 0.5) is 10.8 Å². The van der Waals surface area contributed by atoms with Crippen LogP contribution in [0.25, 0.3) is 11.3 Å². The number of thioether (sulfide) groups is 1. The van der Waals surface area contributed by atoms with E-state index in [0.29, 0.717) is 38.3 Å². The summed E-state index contributed by atoms with van der Waals surface area (Å²) in [6, 6.07) is 8.35. The second-order valence-corrected chi connectivity index (χ2v) is 9.02. The van der Waals surface area contributed by atoms with Gasteiger partial charge in [0.15, 0.2) is 5.13 Å². The SMILES string of the molecule is Cc1ccc(-c2csc(NC(=O)c3cccnc3SCc3c(C)noc3C)n2)cc1[N+](=O)[O-]. The van der Waals surface area contributed by atoms with Gasteiger partial charge in [0.2, 0.25) is 0 Å². The van der Waals surface area contributed by atoms with Crippen LogP contribution < -0.4 is 5.32 Å². The fraction of sp³-hybridized carbons (Fsp3) is 0.182. The van der Waals surface area contributed by atoms with E-state index in [-0.39, 0.29) is 11.6 Å². The van der Waals surface area contributed by atoms with Crippen molar-refractivity contribution in [1.82, 2.24) is 15.1 Å². The first-order chi connectivity index (χ1) is 15.8. The molecular weight excluding hydrogens is 462 g/mol. The van der Waals surface area contributed by atoms with Gasteiger partial charge in [-0.1, -0.05) is 17.3 Å². The van der Waals surface area contributed by atoms with Gasteiger partial charge in [0.05, 0.1) is 21.9 Å². The number of carbonyl (C=O) groups is 1. The fourth-order valence-electron chi connectivity index (χ4n) is 3.12. The summed E-state index contributed by atoms with van der Waals surface area (Å²) in [6.07, 6.45) is 1.64. The zero-order chi connectivity index (χ0) is 23.5. The van der Waals surface area contributed by atoms with Gasteiger partial charge in [-0.3, -0.25) is 20.2 Å². The lowest BCUT2D eigenvalue weighted by Crippen LogP contribution is -2.13. The topological polar surface area (TPSA) is 124 Å². The third-order valence-corrected chi connectivity index (χ3v) is 6.77. The van der Waals surface area contributed by atoms with E-state index >= 15 is 0 Å². The molecule has 0 bridgehead atoms. The summed E-state index contributed by atoms with van der Waals surface area (Å²) in [5.41, 5.74) is 3.99. The first-order valence-corrected chi connectivity index (χ1v) is 11.7. The maximum Gasteiger partial charge on any atom is 0.272 e. The van der Waals surface area contributed by atoms with Gasteiger partial charge in [-0.05, 0) is 32.9 Å². The first-order valence-electron chi connectivity index (χ1n) is 9.85. The number of hydrogen-bond donors (Lipinski definition) is 1. The van der Waals surface area contributed by atoms with Crippen LogP contribution in [0.2, 0.25) is 0 Å². The summed E-state index contributed by atoms with van der Waals surface area (Å²) in [6.45, 7) is 5.41. The summed E-state index contributed by atoms with van der Waals surface area (Å²) >= 11 is 2.67. The smallest absolute Gasteiger partial charge is 0.272 e. The van der Waals surface area contributed by atoms with Crippen molar-refractivity contribution in [1.29, 1.82) is 0 Å². The van der Waals surface area contributed by atoms with Crippen molar-refractivity contribution in [3.05, 3.63) is 80.2 Å². The highest BCUT2D eigenvalue weighted by atomic mass is 32.2. The Morgan fingerprint density at radius 1 is 1.27 bits per heavy atom.